The molecule has 4 rings (SSSR count). The molecule has 1 fully saturated rings. The van der Waals surface area contributed by atoms with Crippen LogP contribution in [0.25, 0.3) is 0 Å². The Morgan fingerprint density at radius 3 is 2.43 bits per heavy atom. The standard InChI is InChI=1S/C21H23FN6/c1-16-6-8-17(9-7-16)14-23-20-15-24-26-21(25-20)28-12-10-27(11-13-28)19-5-3-2-4-18(19)22/h2-9,15H,10-14H2,1H3,(H,23,25,26). The van der Waals surface area contributed by atoms with E-state index < -0.39 is 0 Å². The maximum atomic E-state index is 14.0. The molecule has 0 unspecified atom stereocenters. The third-order valence-corrected chi connectivity index (χ3v) is 4.90. The van der Waals surface area contributed by atoms with Gasteiger partial charge in [-0.1, -0.05) is 42.0 Å². The second-order valence-electron chi connectivity index (χ2n) is 6.91. The van der Waals surface area contributed by atoms with Crippen LogP contribution in [0.1, 0.15) is 11.1 Å². The molecule has 144 valence electrons. The van der Waals surface area contributed by atoms with Crippen LogP contribution in [0, 0.1) is 12.7 Å². The first kappa shape index (κ1) is 18.2. The lowest BCUT2D eigenvalue weighted by molar-refractivity contribution is 0.592. The zero-order valence-electron chi connectivity index (χ0n) is 15.8. The number of nitrogens with one attached hydrogen (secondary N) is 1. The molecule has 0 aliphatic carbocycles. The van der Waals surface area contributed by atoms with Gasteiger partial charge in [-0.25, -0.2) is 4.39 Å². The van der Waals surface area contributed by atoms with E-state index in [9.17, 15) is 4.39 Å². The first-order chi connectivity index (χ1) is 13.7. The molecule has 1 aromatic heterocycles. The lowest BCUT2D eigenvalue weighted by Crippen LogP contribution is -2.47. The van der Waals surface area contributed by atoms with Crippen molar-refractivity contribution in [1.82, 2.24) is 15.2 Å². The first-order valence-electron chi connectivity index (χ1n) is 9.42. The first-order valence-corrected chi connectivity index (χ1v) is 9.42. The number of nitrogens with zero attached hydrogens (tertiary/aromatic N) is 5. The lowest BCUT2D eigenvalue weighted by atomic mass is 10.1. The largest absolute Gasteiger partial charge is 0.366 e. The van der Waals surface area contributed by atoms with Crippen molar-refractivity contribution < 1.29 is 4.39 Å². The minimum Gasteiger partial charge on any atom is -0.366 e. The van der Waals surface area contributed by atoms with Crippen LogP contribution in [0.2, 0.25) is 0 Å². The van der Waals surface area contributed by atoms with Crippen molar-refractivity contribution in [2.75, 3.05) is 41.3 Å². The summed E-state index contributed by atoms with van der Waals surface area (Å²) in [6.07, 6.45) is 1.63. The smallest absolute Gasteiger partial charge is 0.247 e. The Kier molecular flexibility index (Phi) is 5.32. The Hall–Kier alpha value is -3.22. The summed E-state index contributed by atoms with van der Waals surface area (Å²) in [6, 6.07) is 15.3. The molecule has 2 heterocycles. The Morgan fingerprint density at radius 1 is 0.964 bits per heavy atom. The van der Waals surface area contributed by atoms with Gasteiger partial charge in [0.25, 0.3) is 0 Å². The van der Waals surface area contributed by atoms with Gasteiger partial charge >= 0.3 is 0 Å². The fourth-order valence-corrected chi connectivity index (χ4v) is 3.27. The maximum absolute atomic E-state index is 14.0. The van der Waals surface area contributed by atoms with E-state index in [2.05, 4.69) is 61.5 Å². The SMILES string of the molecule is Cc1ccc(CNc2cnnc(N3CCN(c4ccccc4F)CC3)n2)cc1. The Bertz CT molecular complexity index is 922. The van der Waals surface area contributed by atoms with E-state index in [1.807, 2.05) is 12.1 Å². The molecule has 1 saturated heterocycles. The van der Waals surface area contributed by atoms with Gasteiger partial charge in [0.2, 0.25) is 5.95 Å². The van der Waals surface area contributed by atoms with Crippen LogP contribution >= 0.6 is 0 Å². The van der Waals surface area contributed by atoms with Gasteiger partial charge in [0.05, 0.1) is 11.9 Å². The van der Waals surface area contributed by atoms with E-state index in [1.54, 1.807) is 12.3 Å². The molecule has 0 spiro atoms. The van der Waals surface area contributed by atoms with Crippen molar-refractivity contribution >= 4 is 17.5 Å². The van der Waals surface area contributed by atoms with Gasteiger partial charge in [-0.3, -0.25) is 0 Å². The predicted octanol–water partition coefficient (Wildman–Crippen LogP) is 3.26. The summed E-state index contributed by atoms with van der Waals surface area (Å²) in [5.41, 5.74) is 3.07. The van der Waals surface area contributed by atoms with E-state index in [-0.39, 0.29) is 5.82 Å². The zero-order chi connectivity index (χ0) is 19.3. The number of aromatic nitrogens is 3. The number of hydrogen-bond donors (Lipinski definition) is 1. The molecule has 28 heavy (non-hydrogen) atoms. The van der Waals surface area contributed by atoms with E-state index in [1.165, 1.54) is 17.2 Å². The molecule has 2 aromatic carbocycles. The molecule has 0 bridgehead atoms. The van der Waals surface area contributed by atoms with Gasteiger partial charge in [0, 0.05) is 32.7 Å². The van der Waals surface area contributed by atoms with Crippen molar-refractivity contribution in [2.45, 2.75) is 13.5 Å². The second kappa shape index (κ2) is 8.21. The van der Waals surface area contributed by atoms with Gasteiger partial charge < -0.3 is 15.1 Å². The summed E-state index contributed by atoms with van der Waals surface area (Å²) in [4.78, 5) is 8.73. The number of benzene rings is 2. The topological polar surface area (TPSA) is 57.2 Å². The molecular weight excluding hydrogens is 355 g/mol. The van der Waals surface area contributed by atoms with Gasteiger partial charge in [-0.15, -0.1) is 5.10 Å². The quantitative estimate of drug-likeness (QED) is 0.736. The van der Waals surface area contributed by atoms with Crippen LogP contribution in [-0.2, 0) is 6.54 Å². The van der Waals surface area contributed by atoms with Gasteiger partial charge in [-0.2, -0.15) is 10.1 Å². The van der Waals surface area contributed by atoms with Crippen molar-refractivity contribution in [3.8, 4) is 0 Å². The van der Waals surface area contributed by atoms with Crippen LogP contribution in [0.15, 0.2) is 54.7 Å². The highest BCUT2D eigenvalue weighted by Crippen LogP contribution is 2.21. The highest BCUT2D eigenvalue weighted by molar-refractivity contribution is 5.50. The van der Waals surface area contributed by atoms with Gasteiger partial charge in [0.1, 0.15) is 5.82 Å². The molecule has 0 amide bonds. The molecule has 0 saturated carbocycles. The molecule has 0 radical (unpaired) electrons. The van der Waals surface area contributed by atoms with E-state index in [0.29, 0.717) is 37.1 Å². The highest BCUT2D eigenvalue weighted by Gasteiger charge is 2.21. The lowest BCUT2D eigenvalue weighted by Gasteiger charge is -2.36. The van der Waals surface area contributed by atoms with Gasteiger partial charge in [-0.05, 0) is 24.6 Å². The maximum Gasteiger partial charge on any atom is 0.247 e. The number of aryl methyl sites for hydroxylation is 1. The summed E-state index contributed by atoms with van der Waals surface area (Å²) in [5, 5.41) is 11.6. The average Bonchev–Trinajstić information content (AvgIpc) is 2.74. The molecule has 1 aliphatic rings. The summed E-state index contributed by atoms with van der Waals surface area (Å²) >= 11 is 0. The van der Waals surface area contributed by atoms with E-state index >= 15 is 0 Å². The minimum atomic E-state index is -0.184. The molecule has 6 nitrogen and oxygen atoms in total. The fraction of sp³-hybridized carbons (Fsp3) is 0.286. The Morgan fingerprint density at radius 2 is 1.68 bits per heavy atom. The molecule has 0 atom stereocenters. The number of hydrogen-bond acceptors (Lipinski definition) is 6. The number of piperazine rings is 1. The fourth-order valence-electron chi connectivity index (χ4n) is 3.27. The molecular formula is C21H23FN6. The third kappa shape index (κ3) is 4.19. The molecule has 1 N–H and O–H groups in total. The highest BCUT2D eigenvalue weighted by atomic mass is 19.1. The molecule has 3 aromatic rings. The summed E-state index contributed by atoms with van der Waals surface area (Å²) in [6.45, 7) is 5.62. The second-order valence-corrected chi connectivity index (χ2v) is 6.91. The zero-order valence-corrected chi connectivity index (χ0v) is 15.8. The van der Waals surface area contributed by atoms with Crippen LogP contribution < -0.4 is 15.1 Å². The Balaban J connectivity index is 1.37. The third-order valence-electron chi connectivity index (χ3n) is 4.90. The predicted molar refractivity (Wildman–Crippen MR) is 109 cm³/mol. The minimum absolute atomic E-state index is 0.184. The van der Waals surface area contributed by atoms with E-state index in [0.717, 1.165) is 13.1 Å². The summed E-state index contributed by atoms with van der Waals surface area (Å²) < 4.78 is 14.0. The van der Waals surface area contributed by atoms with Crippen LogP contribution in [0.3, 0.4) is 0 Å². The Labute approximate surface area is 164 Å². The normalized spacial score (nSPS) is 14.2. The summed E-state index contributed by atoms with van der Waals surface area (Å²) in [7, 11) is 0. The monoisotopic (exact) mass is 378 g/mol. The van der Waals surface area contributed by atoms with Crippen LogP contribution in [0.4, 0.5) is 21.8 Å². The van der Waals surface area contributed by atoms with Crippen molar-refractivity contribution in [3.63, 3.8) is 0 Å². The van der Waals surface area contributed by atoms with Crippen LogP contribution in [0.5, 0.6) is 0 Å². The number of anilines is 3. The van der Waals surface area contributed by atoms with E-state index in [4.69, 9.17) is 0 Å². The number of para-hydroxylation sites is 1. The molecule has 7 heteroatoms. The van der Waals surface area contributed by atoms with Crippen LogP contribution in [-0.4, -0.2) is 41.4 Å². The van der Waals surface area contributed by atoms with Crippen molar-refractivity contribution in [3.05, 3.63) is 71.7 Å². The van der Waals surface area contributed by atoms with Crippen molar-refractivity contribution in [1.29, 1.82) is 0 Å². The molecule has 1 aliphatic heterocycles. The van der Waals surface area contributed by atoms with Crippen molar-refractivity contribution in [2.24, 2.45) is 0 Å². The van der Waals surface area contributed by atoms with Gasteiger partial charge in [0.15, 0.2) is 5.82 Å². The number of halogens is 1. The number of rotatable bonds is 5. The summed E-state index contributed by atoms with van der Waals surface area (Å²) in [5.74, 6) is 1.11. The average molecular weight is 378 g/mol.